The molecule has 1 aromatic carbocycles. The molecule has 0 aliphatic carbocycles. The van der Waals surface area contributed by atoms with Crippen molar-refractivity contribution in [1.29, 1.82) is 0 Å². The van der Waals surface area contributed by atoms with Crippen LogP contribution in [0.5, 0.6) is 5.75 Å². The van der Waals surface area contributed by atoms with E-state index in [9.17, 15) is 18.0 Å². The maximum atomic E-state index is 12.4. The van der Waals surface area contributed by atoms with Crippen LogP contribution in [0.4, 0.5) is 0 Å². The van der Waals surface area contributed by atoms with Gasteiger partial charge in [-0.05, 0) is 32.4 Å². The molecule has 0 aromatic heterocycles. The summed E-state index contributed by atoms with van der Waals surface area (Å²) in [7, 11) is -1.64. The van der Waals surface area contributed by atoms with Gasteiger partial charge in [0.2, 0.25) is 0 Å². The zero-order chi connectivity index (χ0) is 18.6. The van der Waals surface area contributed by atoms with E-state index in [1.54, 1.807) is 25.1 Å². The highest BCUT2D eigenvalue weighted by molar-refractivity contribution is 7.91. The van der Waals surface area contributed by atoms with E-state index in [4.69, 9.17) is 9.47 Å². The summed E-state index contributed by atoms with van der Waals surface area (Å²) in [5.74, 6) is -0.626. The van der Waals surface area contributed by atoms with Gasteiger partial charge < -0.3 is 14.4 Å². The third-order valence-electron chi connectivity index (χ3n) is 4.21. The summed E-state index contributed by atoms with van der Waals surface area (Å²) >= 11 is 0. The highest BCUT2D eigenvalue weighted by Crippen LogP contribution is 2.21. The van der Waals surface area contributed by atoms with Crippen LogP contribution in [-0.4, -0.2) is 63.0 Å². The Morgan fingerprint density at radius 1 is 1.32 bits per heavy atom. The molecule has 0 bridgehead atoms. The fraction of sp³-hybridized carbons (Fsp3) is 0.529. The standard InChI is InChI=1S/C17H23NO6S/c1-4-18(13-7-8-25(21,22)11-13)16(19)10-24-17(20)14-9-12(2)5-6-15(14)23-3/h5-6,9,13H,4,7-8,10-11H2,1-3H3/t13-/m0/s1. The fourth-order valence-corrected chi connectivity index (χ4v) is 4.66. The van der Waals surface area contributed by atoms with Gasteiger partial charge in [-0.15, -0.1) is 0 Å². The van der Waals surface area contributed by atoms with Gasteiger partial charge in [0.15, 0.2) is 16.4 Å². The zero-order valence-corrected chi connectivity index (χ0v) is 15.5. The minimum atomic E-state index is -3.09. The van der Waals surface area contributed by atoms with E-state index < -0.39 is 28.3 Å². The Hall–Kier alpha value is -2.09. The normalized spacial score (nSPS) is 18.6. The van der Waals surface area contributed by atoms with E-state index in [1.165, 1.54) is 12.0 Å². The lowest BCUT2D eigenvalue weighted by atomic mass is 10.1. The van der Waals surface area contributed by atoms with Crippen LogP contribution >= 0.6 is 0 Å². The lowest BCUT2D eigenvalue weighted by molar-refractivity contribution is -0.136. The average molecular weight is 369 g/mol. The highest BCUT2D eigenvalue weighted by atomic mass is 32.2. The van der Waals surface area contributed by atoms with Gasteiger partial charge in [-0.1, -0.05) is 11.6 Å². The van der Waals surface area contributed by atoms with Crippen molar-refractivity contribution in [2.24, 2.45) is 0 Å². The van der Waals surface area contributed by atoms with Gasteiger partial charge in [-0.2, -0.15) is 0 Å². The number of hydrogen-bond acceptors (Lipinski definition) is 6. The number of rotatable bonds is 6. The average Bonchev–Trinajstić information content (AvgIpc) is 2.92. The number of hydrogen-bond donors (Lipinski definition) is 0. The van der Waals surface area contributed by atoms with Gasteiger partial charge in [-0.25, -0.2) is 13.2 Å². The minimum Gasteiger partial charge on any atom is -0.496 e. The first-order chi connectivity index (χ1) is 11.8. The van der Waals surface area contributed by atoms with Gasteiger partial charge >= 0.3 is 5.97 Å². The molecule has 0 saturated carbocycles. The van der Waals surface area contributed by atoms with Crippen molar-refractivity contribution < 1.29 is 27.5 Å². The van der Waals surface area contributed by atoms with Crippen molar-refractivity contribution in [2.45, 2.75) is 26.3 Å². The molecule has 0 N–H and O–H groups in total. The van der Waals surface area contributed by atoms with E-state index in [0.29, 0.717) is 18.7 Å². The number of sulfone groups is 1. The van der Waals surface area contributed by atoms with Gasteiger partial charge in [0.1, 0.15) is 11.3 Å². The number of nitrogens with zero attached hydrogens (tertiary/aromatic N) is 1. The molecule has 1 aliphatic heterocycles. The number of methoxy groups -OCH3 is 1. The van der Waals surface area contributed by atoms with Crippen LogP contribution in [0.15, 0.2) is 18.2 Å². The summed E-state index contributed by atoms with van der Waals surface area (Å²) in [6, 6.07) is 4.75. The third-order valence-corrected chi connectivity index (χ3v) is 5.96. The van der Waals surface area contributed by atoms with Crippen LogP contribution in [0.3, 0.4) is 0 Å². The van der Waals surface area contributed by atoms with Gasteiger partial charge in [-0.3, -0.25) is 4.79 Å². The highest BCUT2D eigenvalue weighted by Gasteiger charge is 2.34. The lowest BCUT2D eigenvalue weighted by Crippen LogP contribution is -2.43. The summed E-state index contributed by atoms with van der Waals surface area (Å²) in [6.07, 6.45) is 0.418. The molecule has 1 atom stereocenters. The third kappa shape index (κ3) is 4.72. The van der Waals surface area contributed by atoms with E-state index in [0.717, 1.165) is 5.56 Å². The summed E-state index contributed by atoms with van der Waals surface area (Å²) in [4.78, 5) is 26.1. The molecule has 1 heterocycles. The number of benzene rings is 1. The van der Waals surface area contributed by atoms with Crippen molar-refractivity contribution in [3.05, 3.63) is 29.3 Å². The fourth-order valence-electron chi connectivity index (χ4n) is 2.93. The largest absolute Gasteiger partial charge is 0.496 e. The SMILES string of the molecule is CCN(C(=O)COC(=O)c1cc(C)ccc1OC)[C@H]1CCS(=O)(=O)C1. The molecule has 8 heteroatoms. The van der Waals surface area contributed by atoms with Crippen LogP contribution in [-0.2, 0) is 19.4 Å². The Kier molecular flexibility index (Phi) is 6.05. The Labute approximate surface area is 147 Å². The number of ether oxygens (including phenoxy) is 2. The number of aryl methyl sites for hydroxylation is 1. The molecule has 1 fully saturated rings. The van der Waals surface area contributed by atoms with Crippen LogP contribution < -0.4 is 4.74 Å². The Morgan fingerprint density at radius 2 is 2.04 bits per heavy atom. The molecule has 25 heavy (non-hydrogen) atoms. The van der Waals surface area contributed by atoms with Crippen LogP contribution in [0.2, 0.25) is 0 Å². The minimum absolute atomic E-state index is 0.0355. The molecule has 1 aromatic rings. The van der Waals surface area contributed by atoms with Crippen LogP contribution in [0.25, 0.3) is 0 Å². The maximum Gasteiger partial charge on any atom is 0.342 e. The van der Waals surface area contributed by atoms with Crippen molar-refractivity contribution in [3.63, 3.8) is 0 Å². The van der Waals surface area contributed by atoms with Gasteiger partial charge in [0.25, 0.3) is 5.91 Å². The van der Waals surface area contributed by atoms with E-state index >= 15 is 0 Å². The molecule has 1 amide bonds. The first-order valence-corrected chi connectivity index (χ1v) is 9.91. The zero-order valence-electron chi connectivity index (χ0n) is 14.6. The number of carbonyl (C=O) groups is 2. The van der Waals surface area contributed by atoms with E-state index in [2.05, 4.69) is 0 Å². The van der Waals surface area contributed by atoms with Crippen molar-refractivity contribution in [1.82, 2.24) is 4.90 Å². The molecule has 0 spiro atoms. The van der Waals surface area contributed by atoms with Crippen LogP contribution in [0, 0.1) is 6.92 Å². The first kappa shape index (κ1) is 19.2. The second-order valence-corrected chi connectivity index (χ2v) is 8.25. The molecular formula is C17H23NO6S. The summed E-state index contributed by atoms with van der Waals surface area (Å²) < 4.78 is 33.5. The van der Waals surface area contributed by atoms with E-state index in [-0.39, 0.29) is 23.1 Å². The summed E-state index contributed by atoms with van der Waals surface area (Å²) in [5.41, 5.74) is 1.12. The molecule has 0 unspecified atom stereocenters. The Morgan fingerprint density at radius 3 is 2.60 bits per heavy atom. The van der Waals surface area contributed by atoms with Gasteiger partial charge in [0.05, 0.1) is 18.6 Å². The number of carbonyl (C=O) groups excluding carboxylic acids is 2. The quantitative estimate of drug-likeness (QED) is 0.700. The molecule has 138 valence electrons. The molecule has 2 rings (SSSR count). The Balaban J connectivity index is 2.01. The van der Waals surface area contributed by atoms with Gasteiger partial charge in [0, 0.05) is 12.6 Å². The Bertz CT molecular complexity index is 758. The number of amides is 1. The number of esters is 1. The second-order valence-electron chi connectivity index (χ2n) is 6.02. The molecule has 1 aliphatic rings. The number of likely N-dealkylation sites (N-methyl/N-ethyl adjacent to an activating group) is 1. The summed E-state index contributed by atoms with van der Waals surface area (Å²) in [5, 5.41) is 0. The van der Waals surface area contributed by atoms with Crippen molar-refractivity contribution in [3.8, 4) is 5.75 Å². The predicted octanol–water partition coefficient (Wildman–Crippen LogP) is 1.20. The van der Waals surface area contributed by atoms with Crippen molar-refractivity contribution in [2.75, 3.05) is 31.8 Å². The smallest absolute Gasteiger partial charge is 0.342 e. The lowest BCUT2D eigenvalue weighted by Gasteiger charge is -2.26. The van der Waals surface area contributed by atoms with Crippen molar-refractivity contribution >= 4 is 21.7 Å². The summed E-state index contributed by atoms with van der Waals surface area (Å²) in [6.45, 7) is 3.54. The first-order valence-electron chi connectivity index (χ1n) is 8.09. The van der Waals surface area contributed by atoms with Crippen LogP contribution in [0.1, 0.15) is 29.3 Å². The second kappa shape index (κ2) is 7.86. The predicted molar refractivity (Wildman–Crippen MR) is 92.5 cm³/mol. The molecule has 0 radical (unpaired) electrons. The molecule has 7 nitrogen and oxygen atoms in total. The monoisotopic (exact) mass is 369 g/mol. The maximum absolute atomic E-state index is 12.4. The van der Waals surface area contributed by atoms with E-state index in [1.807, 2.05) is 6.92 Å². The molecular weight excluding hydrogens is 346 g/mol. The topological polar surface area (TPSA) is 90.0 Å². The molecule has 1 saturated heterocycles.